The van der Waals surface area contributed by atoms with Crippen LogP contribution in [-0.4, -0.2) is 0 Å². The zero-order chi connectivity index (χ0) is 16.6. The second-order valence-electron chi connectivity index (χ2n) is 6.74. The molecule has 0 saturated carbocycles. The first-order chi connectivity index (χ1) is 11.0. The van der Waals surface area contributed by atoms with Gasteiger partial charge in [0.2, 0.25) is 0 Å². The van der Waals surface area contributed by atoms with Crippen LogP contribution < -0.4 is 37.2 Å². The van der Waals surface area contributed by atoms with Crippen molar-refractivity contribution >= 4 is 0 Å². The normalized spacial score (nSPS) is 13.3. The number of halogens is 3. The fourth-order valence-corrected chi connectivity index (χ4v) is 3.99. The van der Waals surface area contributed by atoms with Crippen molar-refractivity contribution in [3.8, 4) is 0 Å². The monoisotopic (exact) mass is 440 g/mol. The molecule has 0 bridgehead atoms. The molecule has 0 atom stereocenters. The van der Waals surface area contributed by atoms with E-state index in [1.165, 1.54) is 37.3 Å². The summed E-state index contributed by atoms with van der Waals surface area (Å²) in [7, 11) is 0. The van der Waals surface area contributed by atoms with E-state index in [0.717, 1.165) is 6.42 Å². The Balaban J connectivity index is 0.00000208. The predicted octanol–water partition coefficient (Wildman–Crippen LogP) is -3.01. The molecule has 1 aliphatic rings. The van der Waals surface area contributed by atoms with Gasteiger partial charge in [0.15, 0.2) is 0 Å². The number of allylic oxidation sites excluding steroid dienone is 4. The smallest absolute Gasteiger partial charge is 1.00 e. The molecule has 3 rings (SSSR count). The third kappa shape index (κ3) is 5.27. The van der Waals surface area contributed by atoms with Crippen molar-refractivity contribution in [2.24, 2.45) is 0 Å². The maximum absolute atomic E-state index is 2.34. The van der Waals surface area contributed by atoms with Crippen LogP contribution in [0, 0.1) is 13.8 Å². The first kappa shape index (κ1) is 25.5. The summed E-state index contributed by atoms with van der Waals surface area (Å²) in [6.45, 7) is 8.93. The minimum absolute atomic E-state index is 0. The molecule has 0 amide bonds. The average molecular weight is 442 g/mol. The predicted molar refractivity (Wildman–Crippen MR) is 94.2 cm³/mol. The molecule has 26 heavy (non-hydrogen) atoms. The average Bonchev–Trinajstić information content (AvgIpc) is 2.76. The van der Waals surface area contributed by atoms with E-state index in [1.54, 1.807) is 5.57 Å². The topological polar surface area (TPSA) is 0 Å². The van der Waals surface area contributed by atoms with E-state index in [9.17, 15) is 0 Å². The Morgan fingerprint density at radius 2 is 1.23 bits per heavy atom. The Morgan fingerprint density at radius 3 is 1.58 bits per heavy atom. The molecule has 0 N–H and O–H groups in total. The van der Waals surface area contributed by atoms with Gasteiger partial charge in [0.25, 0.3) is 0 Å². The van der Waals surface area contributed by atoms with Gasteiger partial charge in [-0.3, -0.25) is 0 Å². The molecule has 0 fully saturated rings. The van der Waals surface area contributed by atoms with Crippen molar-refractivity contribution in [1.82, 2.24) is 0 Å². The minimum atomic E-state index is 0. The van der Waals surface area contributed by atoms with E-state index in [4.69, 9.17) is 0 Å². The molecular formula is C22H23Cl3Ti. The molecule has 0 spiro atoms. The fourth-order valence-electron chi connectivity index (χ4n) is 3.60. The summed E-state index contributed by atoms with van der Waals surface area (Å²) in [5.74, 6) is 0.363. The Kier molecular flexibility index (Phi) is 10.5. The second kappa shape index (κ2) is 10.7. The van der Waals surface area contributed by atoms with E-state index in [-0.39, 0.29) is 37.2 Å². The van der Waals surface area contributed by atoms with E-state index in [1.807, 2.05) is 0 Å². The summed E-state index contributed by atoms with van der Waals surface area (Å²) in [6.07, 6.45) is 1.10. The molecule has 0 saturated heterocycles. The molecule has 4 heteroatoms. The van der Waals surface area contributed by atoms with Gasteiger partial charge in [-0.2, -0.15) is 0 Å². The number of rotatable bonds is 3. The van der Waals surface area contributed by atoms with Crippen LogP contribution >= 0.6 is 0 Å². The summed E-state index contributed by atoms with van der Waals surface area (Å²) in [5, 5.41) is 0. The van der Waals surface area contributed by atoms with Crippen LogP contribution in [0.15, 0.2) is 69.1 Å². The summed E-state index contributed by atoms with van der Waals surface area (Å²) >= 11 is 2.27. The maximum atomic E-state index is 2.34. The second-order valence-corrected chi connectivity index (χ2v) is 7.52. The van der Waals surface area contributed by atoms with Gasteiger partial charge in [-0.1, -0.05) is 0 Å². The fraction of sp³-hybridized carbons (Fsp3) is 0.273. The molecule has 2 aromatic rings. The summed E-state index contributed by atoms with van der Waals surface area (Å²) in [5.41, 5.74) is 10.0. The maximum Gasteiger partial charge on any atom is -1.00 e. The summed E-state index contributed by atoms with van der Waals surface area (Å²) in [4.78, 5) is 0. The van der Waals surface area contributed by atoms with Gasteiger partial charge in [0, 0.05) is 0 Å². The van der Waals surface area contributed by atoms with Gasteiger partial charge in [0.05, 0.1) is 0 Å². The van der Waals surface area contributed by atoms with Crippen LogP contribution in [0.4, 0.5) is 0 Å². The van der Waals surface area contributed by atoms with Crippen LogP contribution in [0.1, 0.15) is 48.4 Å². The number of hydrogen-bond acceptors (Lipinski definition) is 0. The molecule has 2 aromatic carbocycles. The van der Waals surface area contributed by atoms with Crippen molar-refractivity contribution in [1.29, 1.82) is 0 Å². The van der Waals surface area contributed by atoms with Gasteiger partial charge < -0.3 is 37.2 Å². The van der Waals surface area contributed by atoms with E-state index in [0.29, 0.717) is 5.92 Å². The molecule has 136 valence electrons. The van der Waals surface area contributed by atoms with Gasteiger partial charge in [-0.05, 0) is 0 Å². The van der Waals surface area contributed by atoms with Crippen molar-refractivity contribution in [3.63, 3.8) is 0 Å². The number of aryl methyl sites for hydroxylation is 2. The molecule has 0 aromatic heterocycles. The van der Waals surface area contributed by atoms with Crippen molar-refractivity contribution in [2.45, 2.75) is 40.0 Å². The largest absolute Gasteiger partial charge is 1.00 e. The third-order valence-corrected chi connectivity index (χ3v) is 6.09. The molecule has 1 aliphatic carbocycles. The Hall–Kier alpha value is -0.496. The molecule has 0 radical (unpaired) electrons. The van der Waals surface area contributed by atoms with Gasteiger partial charge in [0.1, 0.15) is 0 Å². The zero-order valence-electron chi connectivity index (χ0n) is 15.5. The van der Waals surface area contributed by atoms with E-state index >= 15 is 0 Å². The van der Waals surface area contributed by atoms with Gasteiger partial charge in [-0.25, -0.2) is 0 Å². The van der Waals surface area contributed by atoms with Crippen molar-refractivity contribution in [2.75, 3.05) is 0 Å². The van der Waals surface area contributed by atoms with Gasteiger partial charge in [-0.15, -0.1) is 0 Å². The van der Waals surface area contributed by atoms with Crippen LogP contribution in [0.3, 0.4) is 0 Å². The Labute approximate surface area is 188 Å². The third-order valence-electron chi connectivity index (χ3n) is 4.84. The molecule has 0 unspecified atom stereocenters. The van der Waals surface area contributed by atoms with Crippen LogP contribution in [-0.2, 0) is 20.4 Å². The number of benzene rings is 2. The van der Waals surface area contributed by atoms with Crippen molar-refractivity contribution < 1.29 is 57.7 Å². The summed E-state index contributed by atoms with van der Waals surface area (Å²) in [6, 6.07) is 18.0. The Bertz CT molecular complexity index is 776. The van der Waals surface area contributed by atoms with Gasteiger partial charge >= 0.3 is 152 Å². The molecule has 0 nitrogen and oxygen atoms in total. The minimum Gasteiger partial charge on any atom is -1.00 e. The standard InChI is InChI=1S/C22H23.3ClH.Ti/c1-15-7-5-9-19(12-15)22(20-10-6-8-16(2)13-20)21-14-17(3)11-18(21)4;;;;/h5-10,12-13,22H,14H2,1-4H3;3*1H;/q;;;;+3/p-3. The SMILES string of the molecule is CC1=[C]([Ti+3])C(C)=C(C(c2cccc(C)c2)c2cccc(C)c2)C1.[Cl-].[Cl-].[Cl-]. The molecular weight excluding hydrogens is 418 g/mol. The first-order valence-corrected chi connectivity index (χ1v) is 9.00. The van der Waals surface area contributed by atoms with E-state index < -0.39 is 0 Å². The Morgan fingerprint density at radius 1 is 0.769 bits per heavy atom. The number of hydrogen-bond donors (Lipinski definition) is 0. The van der Waals surface area contributed by atoms with E-state index in [2.05, 4.69) is 96.7 Å². The van der Waals surface area contributed by atoms with Crippen molar-refractivity contribution in [3.05, 3.63) is 91.4 Å². The molecule has 0 aliphatic heterocycles. The molecule has 0 heterocycles. The summed E-state index contributed by atoms with van der Waals surface area (Å²) < 4.78 is 1.48. The quantitative estimate of drug-likeness (QED) is 0.445. The van der Waals surface area contributed by atoms with Crippen LogP contribution in [0.5, 0.6) is 0 Å². The first-order valence-electron chi connectivity index (χ1n) is 8.22. The zero-order valence-corrected chi connectivity index (χ0v) is 19.4. The van der Waals surface area contributed by atoms with Crippen LogP contribution in [0.25, 0.3) is 0 Å². The van der Waals surface area contributed by atoms with Crippen LogP contribution in [0.2, 0.25) is 0 Å².